The Kier molecular flexibility index (Phi) is 4.67. The van der Waals surface area contributed by atoms with Gasteiger partial charge in [0.05, 0.1) is 12.7 Å². The van der Waals surface area contributed by atoms with Gasteiger partial charge in [-0.2, -0.15) is 0 Å². The van der Waals surface area contributed by atoms with Crippen molar-refractivity contribution < 1.29 is 9.84 Å². The molecule has 1 aromatic carbocycles. The highest BCUT2D eigenvalue weighted by atomic mass is 79.9. The molecule has 3 nitrogen and oxygen atoms in total. The average molecular weight is 335 g/mol. The van der Waals surface area contributed by atoms with Gasteiger partial charge >= 0.3 is 0 Å². The Hall–Kier alpha value is -0.130. The van der Waals surface area contributed by atoms with Gasteiger partial charge in [-0.3, -0.25) is 0 Å². The molecule has 3 N–H and O–H groups in total. The van der Waals surface area contributed by atoms with Crippen LogP contribution in [0.15, 0.2) is 22.7 Å². The molecule has 1 saturated heterocycles. The van der Waals surface area contributed by atoms with Crippen molar-refractivity contribution in [1.82, 2.24) is 0 Å². The van der Waals surface area contributed by atoms with Crippen molar-refractivity contribution in [3.05, 3.63) is 33.3 Å². The average Bonchev–Trinajstić information content (AvgIpc) is 2.41. The Morgan fingerprint density at radius 3 is 2.94 bits per heavy atom. The quantitative estimate of drug-likeness (QED) is 0.893. The lowest BCUT2D eigenvalue weighted by molar-refractivity contribution is -0.0781. The summed E-state index contributed by atoms with van der Waals surface area (Å²) in [5, 5.41) is 11.2. The van der Waals surface area contributed by atoms with Crippen molar-refractivity contribution in [3.8, 4) is 0 Å². The van der Waals surface area contributed by atoms with E-state index in [9.17, 15) is 5.11 Å². The van der Waals surface area contributed by atoms with Crippen LogP contribution in [0.5, 0.6) is 0 Å². The fourth-order valence-corrected chi connectivity index (χ4v) is 3.02. The number of nitrogens with two attached hydrogens (primary N) is 1. The van der Waals surface area contributed by atoms with Gasteiger partial charge in [0.25, 0.3) is 0 Å². The Bertz CT molecular complexity index is 421. The van der Waals surface area contributed by atoms with Gasteiger partial charge in [0, 0.05) is 33.6 Å². The minimum Gasteiger partial charge on any atom is -0.388 e. The monoisotopic (exact) mass is 333 g/mol. The third kappa shape index (κ3) is 2.73. The van der Waals surface area contributed by atoms with Crippen LogP contribution in [0.3, 0.4) is 0 Å². The molecule has 0 spiro atoms. The van der Waals surface area contributed by atoms with Gasteiger partial charge in [0.1, 0.15) is 0 Å². The van der Waals surface area contributed by atoms with Crippen molar-refractivity contribution >= 4 is 27.5 Å². The maximum atomic E-state index is 10.6. The highest BCUT2D eigenvalue weighted by Gasteiger charge is 2.40. The molecule has 2 unspecified atom stereocenters. The Morgan fingerprint density at radius 1 is 1.56 bits per heavy atom. The number of aliphatic hydroxyl groups is 1. The first-order chi connectivity index (χ1) is 8.59. The minimum atomic E-state index is -0.701. The highest BCUT2D eigenvalue weighted by molar-refractivity contribution is 9.10. The Morgan fingerprint density at radius 2 is 2.33 bits per heavy atom. The van der Waals surface area contributed by atoms with Crippen LogP contribution in [0.4, 0.5) is 0 Å². The lowest BCUT2D eigenvalue weighted by Gasteiger charge is -2.40. The van der Waals surface area contributed by atoms with Crippen LogP contribution in [0, 0.1) is 5.41 Å². The zero-order valence-corrected chi connectivity index (χ0v) is 12.4. The summed E-state index contributed by atoms with van der Waals surface area (Å²) in [6, 6.07) is 5.47. The molecule has 18 heavy (non-hydrogen) atoms. The minimum absolute atomic E-state index is 0.386. The summed E-state index contributed by atoms with van der Waals surface area (Å²) in [7, 11) is 0. The molecule has 2 rings (SSSR count). The maximum absolute atomic E-state index is 10.6. The first kappa shape index (κ1) is 14.3. The first-order valence-corrected chi connectivity index (χ1v) is 7.17. The summed E-state index contributed by atoms with van der Waals surface area (Å²) >= 11 is 9.56. The predicted molar refractivity (Wildman–Crippen MR) is 75.7 cm³/mol. The maximum Gasteiger partial charge on any atom is 0.0895 e. The Balaban J connectivity index is 2.33. The normalized spacial score (nSPS) is 26.0. The fourth-order valence-electron chi connectivity index (χ4n) is 2.42. The van der Waals surface area contributed by atoms with Gasteiger partial charge < -0.3 is 15.6 Å². The number of hydrogen-bond donors (Lipinski definition) is 2. The molecule has 100 valence electrons. The van der Waals surface area contributed by atoms with Gasteiger partial charge in [-0.05, 0) is 31.0 Å². The molecule has 0 amide bonds. The van der Waals surface area contributed by atoms with Crippen LogP contribution in [0.25, 0.3) is 0 Å². The van der Waals surface area contributed by atoms with E-state index in [1.165, 1.54) is 0 Å². The predicted octanol–water partition coefficient (Wildman–Crippen LogP) is 2.89. The number of rotatable bonds is 3. The third-order valence-corrected chi connectivity index (χ3v) is 4.43. The molecule has 0 saturated carbocycles. The summed E-state index contributed by atoms with van der Waals surface area (Å²) in [5.74, 6) is 0. The SMILES string of the molecule is NCC1(C(O)c2cc(Br)ccc2Cl)CCCOC1. The third-order valence-electron chi connectivity index (χ3n) is 3.59. The molecule has 2 atom stereocenters. The van der Waals surface area contributed by atoms with E-state index in [1.807, 2.05) is 12.1 Å². The molecule has 1 aliphatic rings. The van der Waals surface area contributed by atoms with E-state index in [1.54, 1.807) is 6.07 Å². The van der Waals surface area contributed by atoms with Crippen LogP contribution < -0.4 is 5.73 Å². The topological polar surface area (TPSA) is 55.5 Å². The molecule has 0 aromatic heterocycles. The van der Waals surface area contributed by atoms with Crippen molar-refractivity contribution in [1.29, 1.82) is 0 Å². The number of ether oxygens (including phenoxy) is 1. The number of halogens is 2. The van der Waals surface area contributed by atoms with Gasteiger partial charge in [-0.25, -0.2) is 0 Å². The van der Waals surface area contributed by atoms with E-state index >= 15 is 0 Å². The largest absolute Gasteiger partial charge is 0.388 e. The van der Waals surface area contributed by atoms with Crippen LogP contribution >= 0.6 is 27.5 Å². The summed E-state index contributed by atoms with van der Waals surface area (Å²) < 4.78 is 6.39. The second-order valence-electron chi connectivity index (χ2n) is 4.79. The van der Waals surface area contributed by atoms with Crippen LogP contribution in [-0.4, -0.2) is 24.9 Å². The smallest absolute Gasteiger partial charge is 0.0895 e. The molecular formula is C13H17BrClNO2. The van der Waals surface area contributed by atoms with E-state index in [0.29, 0.717) is 23.7 Å². The van der Waals surface area contributed by atoms with Crippen LogP contribution in [0.2, 0.25) is 5.02 Å². The van der Waals surface area contributed by atoms with E-state index in [-0.39, 0.29) is 0 Å². The molecule has 1 aliphatic heterocycles. The fraction of sp³-hybridized carbons (Fsp3) is 0.538. The molecular weight excluding hydrogens is 318 g/mol. The van der Waals surface area contributed by atoms with Gasteiger partial charge in [0.15, 0.2) is 0 Å². The first-order valence-electron chi connectivity index (χ1n) is 6.00. The van der Waals surface area contributed by atoms with Gasteiger partial charge in [-0.1, -0.05) is 27.5 Å². The highest BCUT2D eigenvalue weighted by Crippen LogP contribution is 2.42. The number of benzene rings is 1. The molecule has 5 heteroatoms. The van der Waals surface area contributed by atoms with E-state index in [0.717, 1.165) is 23.9 Å². The summed E-state index contributed by atoms with van der Waals surface area (Å²) in [6.07, 6.45) is 1.07. The zero-order chi connectivity index (χ0) is 13.2. The van der Waals surface area contributed by atoms with Crippen molar-refractivity contribution in [3.63, 3.8) is 0 Å². The molecule has 1 aromatic rings. The molecule has 0 radical (unpaired) electrons. The zero-order valence-electron chi connectivity index (χ0n) is 10.0. The molecule has 0 bridgehead atoms. The van der Waals surface area contributed by atoms with Crippen LogP contribution in [-0.2, 0) is 4.74 Å². The molecule has 1 fully saturated rings. The molecule has 1 heterocycles. The van der Waals surface area contributed by atoms with Crippen molar-refractivity contribution in [2.24, 2.45) is 11.1 Å². The number of hydrogen-bond acceptors (Lipinski definition) is 3. The second-order valence-corrected chi connectivity index (χ2v) is 6.11. The van der Waals surface area contributed by atoms with Crippen molar-refractivity contribution in [2.75, 3.05) is 19.8 Å². The Labute approximate surface area is 120 Å². The summed E-state index contributed by atoms with van der Waals surface area (Å²) in [4.78, 5) is 0. The standard InChI is InChI=1S/C13H17BrClNO2/c14-9-2-3-11(15)10(6-9)12(17)13(7-16)4-1-5-18-8-13/h2-3,6,12,17H,1,4-5,7-8,16H2. The van der Waals surface area contributed by atoms with Crippen molar-refractivity contribution in [2.45, 2.75) is 18.9 Å². The summed E-state index contributed by atoms with van der Waals surface area (Å²) in [6.45, 7) is 1.60. The lowest BCUT2D eigenvalue weighted by atomic mass is 9.75. The van der Waals surface area contributed by atoms with E-state index in [4.69, 9.17) is 22.1 Å². The van der Waals surface area contributed by atoms with E-state index < -0.39 is 11.5 Å². The summed E-state index contributed by atoms with van der Waals surface area (Å²) in [5.41, 5.74) is 6.15. The number of aliphatic hydroxyl groups excluding tert-OH is 1. The van der Waals surface area contributed by atoms with E-state index in [2.05, 4.69) is 15.9 Å². The van der Waals surface area contributed by atoms with Gasteiger partial charge in [-0.15, -0.1) is 0 Å². The van der Waals surface area contributed by atoms with Crippen LogP contribution in [0.1, 0.15) is 24.5 Å². The second kappa shape index (κ2) is 5.88. The van der Waals surface area contributed by atoms with Gasteiger partial charge in [0.2, 0.25) is 0 Å². The lowest BCUT2D eigenvalue weighted by Crippen LogP contribution is -2.43. The molecule has 0 aliphatic carbocycles.